The van der Waals surface area contributed by atoms with Crippen molar-refractivity contribution in [2.45, 2.75) is 18.9 Å². The SMILES string of the molecule is c1cn2nccc2c(N2CCC(Oc3ccn4nccc4n3)CC2)n1. The summed E-state index contributed by atoms with van der Waals surface area (Å²) in [5.74, 6) is 1.64. The van der Waals surface area contributed by atoms with Crippen molar-refractivity contribution in [3.63, 3.8) is 0 Å². The lowest BCUT2D eigenvalue weighted by atomic mass is 10.1. The number of hydrogen-bond acceptors (Lipinski definition) is 6. The molecule has 0 aromatic carbocycles. The molecule has 0 unspecified atom stereocenters. The highest BCUT2D eigenvalue weighted by Gasteiger charge is 2.23. The Morgan fingerprint density at radius 1 is 0.920 bits per heavy atom. The van der Waals surface area contributed by atoms with Crippen molar-refractivity contribution in [1.82, 2.24) is 29.2 Å². The van der Waals surface area contributed by atoms with E-state index in [9.17, 15) is 0 Å². The van der Waals surface area contributed by atoms with Crippen molar-refractivity contribution >= 4 is 17.0 Å². The van der Waals surface area contributed by atoms with Crippen molar-refractivity contribution < 1.29 is 4.74 Å². The van der Waals surface area contributed by atoms with E-state index in [0.29, 0.717) is 5.88 Å². The summed E-state index contributed by atoms with van der Waals surface area (Å²) in [6, 6.07) is 5.73. The molecule has 8 nitrogen and oxygen atoms in total. The lowest BCUT2D eigenvalue weighted by Crippen LogP contribution is -2.39. The minimum absolute atomic E-state index is 0.166. The summed E-state index contributed by atoms with van der Waals surface area (Å²) in [7, 11) is 0. The fraction of sp³-hybridized carbons (Fsp3) is 0.294. The van der Waals surface area contributed by atoms with Crippen LogP contribution in [0.2, 0.25) is 0 Å². The Morgan fingerprint density at radius 3 is 2.68 bits per heavy atom. The van der Waals surface area contributed by atoms with Gasteiger partial charge < -0.3 is 9.64 Å². The third-order valence-electron chi connectivity index (χ3n) is 4.57. The van der Waals surface area contributed by atoms with Gasteiger partial charge in [0.25, 0.3) is 0 Å². The van der Waals surface area contributed by atoms with Crippen LogP contribution in [0.3, 0.4) is 0 Å². The Hall–Kier alpha value is -3.16. The van der Waals surface area contributed by atoms with Gasteiger partial charge in [0, 0.05) is 56.7 Å². The van der Waals surface area contributed by atoms with Gasteiger partial charge in [0.1, 0.15) is 11.6 Å². The molecule has 0 atom stereocenters. The van der Waals surface area contributed by atoms with Crippen LogP contribution < -0.4 is 9.64 Å². The Kier molecular flexibility index (Phi) is 3.26. The fourth-order valence-electron chi connectivity index (χ4n) is 3.30. The Morgan fingerprint density at radius 2 is 1.76 bits per heavy atom. The quantitative estimate of drug-likeness (QED) is 0.569. The molecule has 0 radical (unpaired) electrons. The van der Waals surface area contributed by atoms with Crippen molar-refractivity contribution in [3.05, 3.63) is 49.2 Å². The molecule has 1 fully saturated rings. The largest absolute Gasteiger partial charge is 0.474 e. The van der Waals surface area contributed by atoms with Gasteiger partial charge in [0.05, 0.1) is 12.4 Å². The summed E-state index contributed by atoms with van der Waals surface area (Å²) in [5.41, 5.74) is 1.83. The summed E-state index contributed by atoms with van der Waals surface area (Å²) in [5, 5.41) is 8.42. The normalized spacial score (nSPS) is 15.9. The maximum absolute atomic E-state index is 6.07. The molecule has 1 aliphatic rings. The van der Waals surface area contributed by atoms with Crippen LogP contribution in [0.15, 0.2) is 49.2 Å². The number of rotatable bonds is 3. The summed E-state index contributed by atoms with van der Waals surface area (Å²) in [4.78, 5) is 11.3. The van der Waals surface area contributed by atoms with E-state index >= 15 is 0 Å². The van der Waals surface area contributed by atoms with E-state index in [-0.39, 0.29) is 6.10 Å². The number of hydrogen-bond donors (Lipinski definition) is 0. The molecular weight excluding hydrogens is 318 g/mol. The van der Waals surface area contributed by atoms with Gasteiger partial charge in [0.15, 0.2) is 11.5 Å². The number of piperidine rings is 1. The van der Waals surface area contributed by atoms with Crippen molar-refractivity contribution in [2.24, 2.45) is 0 Å². The van der Waals surface area contributed by atoms with Gasteiger partial charge in [-0.1, -0.05) is 0 Å². The predicted octanol–water partition coefficient (Wildman–Crippen LogP) is 1.82. The Balaban J connectivity index is 1.28. The van der Waals surface area contributed by atoms with E-state index in [1.54, 1.807) is 23.1 Å². The third kappa shape index (κ3) is 2.55. The average molecular weight is 335 g/mol. The molecule has 0 spiro atoms. The highest BCUT2D eigenvalue weighted by atomic mass is 16.5. The number of aromatic nitrogens is 6. The van der Waals surface area contributed by atoms with Crippen LogP contribution in [0.5, 0.6) is 5.88 Å². The second kappa shape index (κ2) is 5.73. The highest BCUT2D eigenvalue weighted by Crippen LogP contribution is 2.24. The molecule has 0 saturated carbocycles. The Bertz CT molecular complexity index is 1020. The molecule has 4 aromatic rings. The minimum atomic E-state index is 0.166. The maximum Gasteiger partial charge on any atom is 0.217 e. The van der Waals surface area contributed by atoms with Crippen molar-refractivity contribution in [1.29, 1.82) is 0 Å². The van der Waals surface area contributed by atoms with Gasteiger partial charge in [0.2, 0.25) is 5.88 Å². The number of nitrogens with zero attached hydrogens (tertiary/aromatic N) is 7. The molecule has 126 valence electrons. The van der Waals surface area contributed by atoms with Gasteiger partial charge in [-0.3, -0.25) is 0 Å². The van der Waals surface area contributed by atoms with Crippen LogP contribution in [0, 0.1) is 0 Å². The number of ether oxygens (including phenoxy) is 1. The summed E-state index contributed by atoms with van der Waals surface area (Å²) in [6.45, 7) is 1.80. The van der Waals surface area contributed by atoms with Gasteiger partial charge in [-0.2, -0.15) is 15.2 Å². The molecule has 5 heterocycles. The summed E-state index contributed by atoms with van der Waals surface area (Å²) >= 11 is 0. The topological polar surface area (TPSA) is 72.8 Å². The van der Waals surface area contributed by atoms with Gasteiger partial charge in [-0.15, -0.1) is 0 Å². The first-order valence-corrected chi connectivity index (χ1v) is 8.37. The standard InChI is InChI=1S/C17H17N7O/c1-6-19-23-12-8-18-17(14(1)23)22-9-3-13(4-10-22)25-16-5-11-24-15(21-16)2-7-20-24/h1-2,5-8,11-13H,3-4,9-10H2. The lowest BCUT2D eigenvalue weighted by molar-refractivity contribution is 0.164. The van der Waals surface area contributed by atoms with E-state index in [0.717, 1.165) is 42.9 Å². The first-order chi connectivity index (χ1) is 12.4. The molecule has 0 bridgehead atoms. The second-order valence-electron chi connectivity index (χ2n) is 6.12. The van der Waals surface area contributed by atoms with E-state index in [1.165, 1.54) is 0 Å². The van der Waals surface area contributed by atoms with Crippen LogP contribution in [0.1, 0.15) is 12.8 Å². The summed E-state index contributed by atoms with van der Waals surface area (Å²) < 4.78 is 9.66. The smallest absolute Gasteiger partial charge is 0.217 e. The van der Waals surface area contributed by atoms with E-state index in [1.807, 2.05) is 35.1 Å². The third-order valence-corrected chi connectivity index (χ3v) is 4.57. The number of anilines is 1. The molecule has 8 heteroatoms. The van der Waals surface area contributed by atoms with E-state index in [4.69, 9.17) is 4.74 Å². The maximum atomic E-state index is 6.07. The zero-order valence-electron chi connectivity index (χ0n) is 13.6. The van der Waals surface area contributed by atoms with Crippen LogP contribution in [0.4, 0.5) is 5.82 Å². The van der Waals surface area contributed by atoms with Crippen molar-refractivity contribution in [3.8, 4) is 5.88 Å². The molecule has 4 aromatic heterocycles. The van der Waals surface area contributed by atoms with Gasteiger partial charge in [-0.25, -0.2) is 14.0 Å². The molecule has 5 rings (SSSR count). The molecule has 0 amide bonds. The highest BCUT2D eigenvalue weighted by molar-refractivity contribution is 5.68. The van der Waals surface area contributed by atoms with Crippen LogP contribution in [0.25, 0.3) is 11.2 Å². The lowest BCUT2D eigenvalue weighted by Gasteiger charge is -2.32. The zero-order chi connectivity index (χ0) is 16.6. The van der Waals surface area contributed by atoms with Gasteiger partial charge >= 0.3 is 0 Å². The van der Waals surface area contributed by atoms with Crippen molar-refractivity contribution in [2.75, 3.05) is 18.0 Å². The molecule has 25 heavy (non-hydrogen) atoms. The van der Waals surface area contributed by atoms with Crippen LogP contribution >= 0.6 is 0 Å². The molecule has 0 N–H and O–H groups in total. The second-order valence-corrected chi connectivity index (χ2v) is 6.12. The Labute approximate surface area is 143 Å². The predicted molar refractivity (Wildman–Crippen MR) is 91.8 cm³/mol. The first-order valence-electron chi connectivity index (χ1n) is 8.37. The molecule has 0 aliphatic carbocycles. The number of fused-ring (bicyclic) bond motifs is 2. The van der Waals surface area contributed by atoms with Crippen LogP contribution in [-0.2, 0) is 0 Å². The van der Waals surface area contributed by atoms with E-state index in [2.05, 4.69) is 25.1 Å². The molecular formula is C17H17N7O. The summed E-state index contributed by atoms with van der Waals surface area (Å²) in [6.07, 6.45) is 11.1. The monoisotopic (exact) mass is 335 g/mol. The fourth-order valence-corrected chi connectivity index (χ4v) is 3.30. The van der Waals surface area contributed by atoms with Crippen LogP contribution in [-0.4, -0.2) is 48.4 Å². The molecule has 1 saturated heterocycles. The minimum Gasteiger partial charge on any atom is -0.474 e. The molecule has 1 aliphatic heterocycles. The zero-order valence-corrected chi connectivity index (χ0v) is 13.6. The average Bonchev–Trinajstić information content (AvgIpc) is 3.31. The first kappa shape index (κ1) is 14.2. The van der Waals surface area contributed by atoms with Gasteiger partial charge in [-0.05, 0) is 6.07 Å². The van der Waals surface area contributed by atoms with E-state index < -0.39 is 0 Å².